The van der Waals surface area contributed by atoms with Crippen molar-refractivity contribution in [1.82, 2.24) is 0 Å². The Kier molecular flexibility index (Phi) is 3.04. The van der Waals surface area contributed by atoms with Gasteiger partial charge in [0.15, 0.2) is 5.78 Å². The summed E-state index contributed by atoms with van der Waals surface area (Å²) in [7, 11) is 1.60. The maximum absolute atomic E-state index is 12.8. The van der Waals surface area contributed by atoms with Crippen molar-refractivity contribution in [2.24, 2.45) is 0 Å². The third-order valence-electron chi connectivity index (χ3n) is 4.56. The van der Waals surface area contributed by atoms with E-state index in [-0.39, 0.29) is 11.7 Å². The SMILES string of the molecule is CCN1C(=O)C2(CCCCC2=O)c2cc(OC)ccc21. The number of carbonyl (C=O) groups is 2. The lowest BCUT2D eigenvalue weighted by Gasteiger charge is -2.30. The van der Waals surface area contributed by atoms with E-state index in [9.17, 15) is 9.59 Å². The third-order valence-corrected chi connectivity index (χ3v) is 4.56. The molecule has 4 nitrogen and oxygen atoms in total. The molecule has 0 bridgehead atoms. The lowest BCUT2D eigenvalue weighted by Crippen LogP contribution is -2.47. The van der Waals surface area contributed by atoms with Gasteiger partial charge < -0.3 is 9.64 Å². The number of hydrogen-bond acceptors (Lipinski definition) is 3. The molecular weight excluding hydrogens is 254 g/mol. The number of anilines is 1. The molecule has 3 rings (SSSR count). The van der Waals surface area contributed by atoms with E-state index in [1.54, 1.807) is 12.0 Å². The number of benzene rings is 1. The highest BCUT2D eigenvalue weighted by molar-refractivity contribution is 6.22. The minimum atomic E-state index is -0.946. The standard InChI is InChI=1S/C16H19NO3/c1-3-17-13-8-7-11(20-2)10-12(13)16(15(17)19)9-5-4-6-14(16)18/h7-8,10H,3-6,9H2,1-2H3. The predicted molar refractivity (Wildman–Crippen MR) is 76.2 cm³/mol. The topological polar surface area (TPSA) is 46.6 Å². The van der Waals surface area contributed by atoms with Gasteiger partial charge in [0.1, 0.15) is 11.2 Å². The van der Waals surface area contributed by atoms with Crippen molar-refractivity contribution in [3.63, 3.8) is 0 Å². The molecule has 1 amide bonds. The normalized spacial score (nSPS) is 25.2. The molecule has 2 aliphatic rings. The quantitative estimate of drug-likeness (QED) is 0.778. The van der Waals surface area contributed by atoms with Gasteiger partial charge in [-0.25, -0.2) is 0 Å². The summed E-state index contributed by atoms with van der Waals surface area (Å²) in [6.07, 6.45) is 2.94. The van der Waals surface area contributed by atoms with E-state index in [1.165, 1.54) is 0 Å². The van der Waals surface area contributed by atoms with Gasteiger partial charge in [-0.15, -0.1) is 0 Å². The molecule has 1 aromatic carbocycles. The van der Waals surface area contributed by atoms with Crippen LogP contribution in [0, 0.1) is 0 Å². The van der Waals surface area contributed by atoms with E-state index in [2.05, 4.69) is 0 Å². The van der Waals surface area contributed by atoms with Gasteiger partial charge in [0.2, 0.25) is 5.91 Å². The number of nitrogens with zero attached hydrogens (tertiary/aromatic N) is 1. The average molecular weight is 273 g/mol. The fraction of sp³-hybridized carbons (Fsp3) is 0.500. The van der Waals surface area contributed by atoms with Gasteiger partial charge in [-0.05, 0) is 38.0 Å². The smallest absolute Gasteiger partial charge is 0.245 e. The van der Waals surface area contributed by atoms with Crippen LogP contribution < -0.4 is 9.64 Å². The van der Waals surface area contributed by atoms with Crippen molar-refractivity contribution in [1.29, 1.82) is 0 Å². The number of ketones is 1. The van der Waals surface area contributed by atoms with Crippen LogP contribution in [-0.4, -0.2) is 25.3 Å². The van der Waals surface area contributed by atoms with Crippen LogP contribution in [0.1, 0.15) is 38.2 Å². The van der Waals surface area contributed by atoms with Gasteiger partial charge in [-0.1, -0.05) is 6.42 Å². The van der Waals surface area contributed by atoms with Crippen LogP contribution in [0.5, 0.6) is 5.75 Å². The molecule has 0 radical (unpaired) electrons. The molecule has 1 heterocycles. The first-order valence-corrected chi connectivity index (χ1v) is 7.19. The van der Waals surface area contributed by atoms with Crippen molar-refractivity contribution in [3.05, 3.63) is 23.8 Å². The van der Waals surface area contributed by atoms with Crippen molar-refractivity contribution < 1.29 is 14.3 Å². The Hall–Kier alpha value is -1.84. The average Bonchev–Trinajstić information content (AvgIpc) is 2.71. The minimum Gasteiger partial charge on any atom is -0.497 e. The Morgan fingerprint density at radius 3 is 2.75 bits per heavy atom. The lowest BCUT2D eigenvalue weighted by atomic mass is 9.69. The van der Waals surface area contributed by atoms with Crippen molar-refractivity contribution >= 4 is 17.4 Å². The third kappa shape index (κ3) is 1.54. The van der Waals surface area contributed by atoms with Crippen molar-refractivity contribution in [2.45, 2.75) is 38.0 Å². The van der Waals surface area contributed by atoms with Crippen LogP contribution in [0.4, 0.5) is 5.69 Å². The molecule has 1 atom stereocenters. The Balaban J connectivity index is 2.22. The zero-order valence-corrected chi connectivity index (χ0v) is 11.9. The van der Waals surface area contributed by atoms with E-state index < -0.39 is 5.41 Å². The summed E-state index contributed by atoms with van der Waals surface area (Å²) in [4.78, 5) is 27.1. The molecule has 4 heteroatoms. The summed E-state index contributed by atoms with van der Waals surface area (Å²) < 4.78 is 5.27. The maximum atomic E-state index is 12.8. The summed E-state index contributed by atoms with van der Waals surface area (Å²) in [5.74, 6) is 0.722. The predicted octanol–water partition coefficient (Wildman–Crippen LogP) is 2.44. The lowest BCUT2D eigenvalue weighted by molar-refractivity contribution is -0.136. The molecular formula is C16H19NO3. The zero-order chi connectivity index (χ0) is 14.3. The Labute approximate surface area is 118 Å². The summed E-state index contributed by atoms with van der Waals surface area (Å²) in [6.45, 7) is 2.53. The van der Waals surface area contributed by atoms with Crippen molar-refractivity contribution in [2.75, 3.05) is 18.6 Å². The number of carbonyl (C=O) groups excluding carboxylic acids is 2. The largest absolute Gasteiger partial charge is 0.497 e. The number of ether oxygens (including phenoxy) is 1. The van der Waals surface area contributed by atoms with Gasteiger partial charge in [0.05, 0.1) is 7.11 Å². The van der Waals surface area contributed by atoms with E-state index in [0.717, 1.165) is 24.1 Å². The molecule has 1 aliphatic heterocycles. The van der Waals surface area contributed by atoms with Gasteiger partial charge >= 0.3 is 0 Å². The van der Waals surface area contributed by atoms with Crippen LogP contribution in [-0.2, 0) is 15.0 Å². The molecule has 1 saturated carbocycles. The molecule has 1 aliphatic carbocycles. The number of amides is 1. The molecule has 1 unspecified atom stereocenters. The van der Waals surface area contributed by atoms with Crippen LogP contribution in [0.25, 0.3) is 0 Å². The first-order chi connectivity index (χ1) is 9.65. The highest BCUT2D eigenvalue weighted by Crippen LogP contribution is 2.49. The first-order valence-electron chi connectivity index (χ1n) is 7.19. The summed E-state index contributed by atoms with van der Waals surface area (Å²) >= 11 is 0. The molecule has 0 aromatic heterocycles. The second kappa shape index (κ2) is 4.62. The molecule has 1 aromatic rings. The Bertz CT molecular complexity index is 581. The Morgan fingerprint density at radius 1 is 1.30 bits per heavy atom. The fourth-order valence-electron chi connectivity index (χ4n) is 3.53. The number of hydrogen-bond donors (Lipinski definition) is 0. The highest BCUT2D eigenvalue weighted by atomic mass is 16.5. The number of fused-ring (bicyclic) bond motifs is 2. The van der Waals surface area contributed by atoms with E-state index >= 15 is 0 Å². The number of methoxy groups -OCH3 is 1. The van der Waals surface area contributed by atoms with Gasteiger partial charge in [-0.3, -0.25) is 9.59 Å². The molecule has 1 fully saturated rings. The first kappa shape index (κ1) is 13.2. The maximum Gasteiger partial charge on any atom is 0.245 e. The summed E-state index contributed by atoms with van der Waals surface area (Å²) in [6, 6.07) is 5.61. The zero-order valence-electron chi connectivity index (χ0n) is 11.9. The minimum absolute atomic E-state index is 0.0482. The number of likely N-dealkylation sites (N-methyl/N-ethyl adjacent to an activating group) is 1. The van der Waals surface area contributed by atoms with Gasteiger partial charge in [0, 0.05) is 24.2 Å². The second-order valence-electron chi connectivity index (χ2n) is 5.47. The molecule has 0 saturated heterocycles. The molecule has 106 valence electrons. The molecule has 0 N–H and O–H groups in total. The monoisotopic (exact) mass is 273 g/mol. The van der Waals surface area contributed by atoms with Gasteiger partial charge in [-0.2, -0.15) is 0 Å². The second-order valence-corrected chi connectivity index (χ2v) is 5.47. The highest BCUT2D eigenvalue weighted by Gasteiger charge is 2.55. The molecule has 20 heavy (non-hydrogen) atoms. The van der Waals surface area contributed by atoms with Gasteiger partial charge in [0.25, 0.3) is 0 Å². The number of Topliss-reactive ketones (excluding diaryl/α,β-unsaturated/α-hetero) is 1. The van der Waals surface area contributed by atoms with E-state index in [4.69, 9.17) is 4.74 Å². The summed E-state index contributed by atoms with van der Waals surface area (Å²) in [5.41, 5.74) is 0.764. The van der Waals surface area contributed by atoms with Crippen molar-refractivity contribution in [3.8, 4) is 5.75 Å². The van der Waals surface area contributed by atoms with Crippen LogP contribution >= 0.6 is 0 Å². The Morgan fingerprint density at radius 2 is 2.10 bits per heavy atom. The summed E-state index contributed by atoms with van der Waals surface area (Å²) in [5, 5.41) is 0. The van der Waals surface area contributed by atoms with Crippen LogP contribution in [0.15, 0.2) is 18.2 Å². The van der Waals surface area contributed by atoms with Crippen LogP contribution in [0.3, 0.4) is 0 Å². The van der Waals surface area contributed by atoms with E-state index in [0.29, 0.717) is 25.1 Å². The molecule has 1 spiro atoms. The van der Waals surface area contributed by atoms with Crippen LogP contribution in [0.2, 0.25) is 0 Å². The van der Waals surface area contributed by atoms with E-state index in [1.807, 2.05) is 25.1 Å². The fourth-order valence-corrected chi connectivity index (χ4v) is 3.53. The number of rotatable bonds is 2.